The molecule has 0 aromatic carbocycles. The predicted octanol–water partition coefficient (Wildman–Crippen LogP) is 2.65. The molecule has 3 heteroatoms. The van der Waals surface area contributed by atoms with E-state index in [1.165, 1.54) is 0 Å². The van der Waals surface area contributed by atoms with Crippen molar-refractivity contribution in [2.45, 2.75) is 32.6 Å². The molecule has 1 saturated carbocycles. The smallest absolute Gasteiger partial charge is 0.146 e. The first-order chi connectivity index (χ1) is 6.11. The third-order valence-electron chi connectivity index (χ3n) is 2.65. The van der Waals surface area contributed by atoms with E-state index in [2.05, 4.69) is 22.6 Å². The molecule has 0 unspecified atom stereocenters. The second kappa shape index (κ2) is 4.35. The first kappa shape index (κ1) is 10.9. The molecule has 13 heavy (non-hydrogen) atoms. The van der Waals surface area contributed by atoms with Crippen LogP contribution in [0.5, 0.6) is 0 Å². The van der Waals surface area contributed by atoms with Crippen molar-refractivity contribution in [3.05, 3.63) is 10.2 Å². The quantitative estimate of drug-likeness (QED) is 0.579. The first-order valence-corrected chi connectivity index (χ1v) is 5.67. The van der Waals surface area contributed by atoms with Gasteiger partial charge >= 0.3 is 0 Å². The van der Waals surface area contributed by atoms with E-state index in [4.69, 9.17) is 0 Å². The maximum absolute atomic E-state index is 11.6. The van der Waals surface area contributed by atoms with Crippen LogP contribution in [0.25, 0.3) is 0 Å². The van der Waals surface area contributed by atoms with Crippen molar-refractivity contribution in [1.82, 2.24) is 0 Å². The average molecular weight is 292 g/mol. The van der Waals surface area contributed by atoms with Crippen LogP contribution >= 0.6 is 22.6 Å². The van der Waals surface area contributed by atoms with Gasteiger partial charge in [0, 0.05) is 12.8 Å². The summed E-state index contributed by atoms with van der Waals surface area (Å²) in [5, 5.41) is 0. The highest BCUT2D eigenvalue weighted by molar-refractivity contribution is 14.1. The molecule has 0 N–H and O–H groups in total. The molecule has 1 aliphatic rings. The van der Waals surface area contributed by atoms with Crippen molar-refractivity contribution in [2.24, 2.45) is 5.41 Å². The molecule has 0 radical (unpaired) electrons. The third-order valence-corrected chi connectivity index (χ3v) is 3.16. The van der Waals surface area contributed by atoms with Crippen LogP contribution in [0.1, 0.15) is 32.6 Å². The Labute approximate surface area is 91.9 Å². The van der Waals surface area contributed by atoms with Crippen molar-refractivity contribution in [1.29, 1.82) is 0 Å². The third kappa shape index (κ3) is 2.18. The van der Waals surface area contributed by atoms with Crippen molar-refractivity contribution in [3.8, 4) is 0 Å². The van der Waals surface area contributed by atoms with E-state index >= 15 is 0 Å². The van der Waals surface area contributed by atoms with Crippen LogP contribution in [0, 0.1) is 5.41 Å². The molecule has 0 aromatic heterocycles. The van der Waals surface area contributed by atoms with Crippen molar-refractivity contribution in [3.63, 3.8) is 0 Å². The Morgan fingerprint density at radius 1 is 1.38 bits per heavy atom. The fourth-order valence-electron chi connectivity index (χ4n) is 1.62. The summed E-state index contributed by atoms with van der Waals surface area (Å²) in [6, 6.07) is 0. The van der Waals surface area contributed by atoms with Crippen molar-refractivity contribution >= 4 is 34.2 Å². The summed E-state index contributed by atoms with van der Waals surface area (Å²) in [5.74, 6) is 0.219. The van der Waals surface area contributed by atoms with Gasteiger partial charge < -0.3 is 0 Å². The van der Waals surface area contributed by atoms with Gasteiger partial charge in [-0.25, -0.2) is 0 Å². The van der Waals surface area contributed by atoms with Crippen LogP contribution in [0.3, 0.4) is 0 Å². The molecular formula is C10H13IO2. The lowest BCUT2D eigenvalue weighted by atomic mass is 9.71. The maximum atomic E-state index is 11.6. The summed E-state index contributed by atoms with van der Waals surface area (Å²) in [5.41, 5.74) is -0.722. The number of hydrogen-bond acceptors (Lipinski definition) is 2. The fourth-order valence-corrected chi connectivity index (χ4v) is 1.88. The Kier molecular flexibility index (Phi) is 3.64. The van der Waals surface area contributed by atoms with E-state index in [9.17, 15) is 9.59 Å². The van der Waals surface area contributed by atoms with Crippen LogP contribution in [-0.2, 0) is 9.59 Å². The zero-order valence-electron chi connectivity index (χ0n) is 7.68. The highest BCUT2D eigenvalue weighted by Crippen LogP contribution is 2.33. The van der Waals surface area contributed by atoms with Crippen LogP contribution < -0.4 is 0 Å². The Morgan fingerprint density at radius 3 is 2.38 bits per heavy atom. The van der Waals surface area contributed by atoms with Crippen LogP contribution in [0.2, 0.25) is 0 Å². The number of hydrogen-bond donors (Lipinski definition) is 0. The average Bonchev–Trinajstić information content (AvgIpc) is 2.11. The van der Waals surface area contributed by atoms with Crippen LogP contribution in [-0.4, -0.2) is 11.6 Å². The van der Waals surface area contributed by atoms with Gasteiger partial charge in [0.15, 0.2) is 0 Å². The molecule has 2 nitrogen and oxygen atoms in total. The summed E-state index contributed by atoms with van der Waals surface area (Å²) in [4.78, 5) is 23.2. The van der Waals surface area contributed by atoms with Gasteiger partial charge in [-0.2, -0.15) is 0 Å². The molecule has 1 rings (SSSR count). The fraction of sp³-hybridized carbons (Fsp3) is 0.600. The molecule has 1 aliphatic carbocycles. The minimum absolute atomic E-state index is 0.109. The summed E-state index contributed by atoms with van der Waals surface area (Å²) in [6.07, 6.45) is 4.32. The van der Waals surface area contributed by atoms with E-state index in [0.717, 1.165) is 6.42 Å². The lowest BCUT2D eigenvalue weighted by Crippen LogP contribution is -2.39. The lowest BCUT2D eigenvalue weighted by Gasteiger charge is -2.29. The minimum Gasteiger partial charge on any atom is -0.299 e. The van der Waals surface area contributed by atoms with Gasteiger partial charge in [-0.1, -0.05) is 28.7 Å². The van der Waals surface area contributed by atoms with E-state index < -0.39 is 5.41 Å². The molecule has 72 valence electrons. The zero-order valence-corrected chi connectivity index (χ0v) is 9.84. The topological polar surface area (TPSA) is 34.1 Å². The highest BCUT2D eigenvalue weighted by Gasteiger charge is 2.41. The summed E-state index contributed by atoms with van der Waals surface area (Å²) in [7, 11) is 0. The first-order valence-electron chi connectivity index (χ1n) is 4.43. The number of rotatable bonds is 2. The molecule has 0 spiro atoms. The molecule has 0 bridgehead atoms. The van der Waals surface area contributed by atoms with Gasteiger partial charge in [-0.05, 0) is 23.8 Å². The largest absolute Gasteiger partial charge is 0.299 e. The summed E-state index contributed by atoms with van der Waals surface area (Å²) >= 11 is 2.10. The minimum atomic E-state index is -0.722. The second-order valence-electron chi connectivity index (χ2n) is 3.60. The maximum Gasteiger partial charge on any atom is 0.146 e. The van der Waals surface area contributed by atoms with Crippen molar-refractivity contribution < 1.29 is 9.59 Å². The van der Waals surface area contributed by atoms with Crippen LogP contribution in [0.15, 0.2) is 10.2 Å². The standard InChI is InChI=1S/C10H13IO2/c1-10(6-3-7-11)8(12)4-2-5-9(10)13/h3,7H,2,4-6H2,1H3/b7-3-. The molecule has 0 aromatic rings. The predicted molar refractivity (Wildman–Crippen MR) is 59.7 cm³/mol. The van der Waals surface area contributed by atoms with Gasteiger partial charge in [0.05, 0.1) is 5.41 Å². The van der Waals surface area contributed by atoms with Gasteiger partial charge in [0.2, 0.25) is 0 Å². The van der Waals surface area contributed by atoms with Gasteiger partial charge in [0.1, 0.15) is 11.6 Å². The Balaban J connectivity index is 2.81. The SMILES string of the molecule is CC1(C/C=C\I)C(=O)CCCC1=O. The number of carbonyl (C=O) groups is 2. The normalized spacial score (nSPS) is 22.6. The van der Waals surface area contributed by atoms with E-state index in [1.807, 2.05) is 10.2 Å². The van der Waals surface area contributed by atoms with Crippen molar-refractivity contribution in [2.75, 3.05) is 0 Å². The number of halogens is 1. The second-order valence-corrected chi connectivity index (χ2v) is 4.32. The Hall–Kier alpha value is -0.190. The number of ketones is 2. The highest BCUT2D eigenvalue weighted by atomic mass is 127. The molecule has 0 amide bonds. The molecule has 0 atom stereocenters. The summed E-state index contributed by atoms with van der Waals surface area (Å²) in [6.45, 7) is 1.77. The van der Waals surface area contributed by atoms with E-state index in [-0.39, 0.29) is 11.6 Å². The number of Topliss-reactive ketones (excluding diaryl/α,β-unsaturated/α-hetero) is 2. The Morgan fingerprint density at radius 2 is 1.92 bits per heavy atom. The van der Waals surface area contributed by atoms with Gasteiger partial charge in [-0.3, -0.25) is 9.59 Å². The van der Waals surface area contributed by atoms with E-state index in [1.54, 1.807) is 6.92 Å². The zero-order chi connectivity index (χ0) is 9.90. The molecule has 0 aliphatic heterocycles. The molecule has 0 heterocycles. The molecule has 1 fully saturated rings. The van der Waals surface area contributed by atoms with Gasteiger partial charge in [-0.15, -0.1) is 0 Å². The Bertz CT molecular complexity index is 240. The number of allylic oxidation sites excluding steroid dienone is 1. The molecule has 0 saturated heterocycles. The lowest BCUT2D eigenvalue weighted by molar-refractivity contribution is -0.142. The monoisotopic (exact) mass is 292 g/mol. The molecular weight excluding hydrogens is 279 g/mol. The summed E-state index contributed by atoms with van der Waals surface area (Å²) < 4.78 is 1.86. The van der Waals surface area contributed by atoms with E-state index in [0.29, 0.717) is 19.3 Å². The van der Waals surface area contributed by atoms with Gasteiger partial charge in [0.25, 0.3) is 0 Å². The number of carbonyl (C=O) groups excluding carboxylic acids is 2. The van der Waals surface area contributed by atoms with Crippen LogP contribution in [0.4, 0.5) is 0 Å².